The number of amides is 3. The summed E-state index contributed by atoms with van der Waals surface area (Å²) in [6.07, 6.45) is 0. The van der Waals surface area contributed by atoms with Gasteiger partial charge in [0.1, 0.15) is 5.82 Å². The maximum absolute atomic E-state index is 13.6. The zero-order valence-electron chi connectivity index (χ0n) is 12.6. The summed E-state index contributed by atoms with van der Waals surface area (Å²) in [4.78, 5) is 26.6. The number of halogens is 1. The number of hydrogen-bond donors (Lipinski definition) is 2. The molecule has 0 bridgehead atoms. The molecule has 0 saturated carbocycles. The number of primary amides is 1. The molecule has 1 fully saturated rings. The van der Waals surface area contributed by atoms with Gasteiger partial charge in [0.25, 0.3) is 0 Å². The summed E-state index contributed by atoms with van der Waals surface area (Å²) in [5.41, 5.74) is 5.63. The molecule has 0 aliphatic carbocycles. The first-order chi connectivity index (χ1) is 10.5. The normalized spacial score (nSPS) is 17.9. The smallest absolute Gasteiger partial charge is 0.318 e. The summed E-state index contributed by atoms with van der Waals surface area (Å²) < 4.78 is 13.6. The Hall–Kier alpha value is -1.99. The molecule has 1 saturated heterocycles. The van der Waals surface area contributed by atoms with Crippen molar-refractivity contribution >= 4 is 11.9 Å². The number of nitrogens with two attached hydrogens (primary N) is 1. The van der Waals surface area contributed by atoms with Gasteiger partial charge < -0.3 is 5.73 Å². The van der Waals surface area contributed by atoms with E-state index in [1.807, 2.05) is 11.0 Å². The van der Waals surface area contributed by atoms with E-state index in [0.717, 1.165) is 13.1 Å². The van der Waals surface area contributed by atoms with E-state index in [-0.39, 0.29) is 5.82 Å². The lowest BCUT2D eigenvalue weighted by molar-refractivity contribution is -0.125. The van der Waals surface area contributed by atoms with E-state index in [9.17, 15) is 14.0 Å². The average Bonchev–Trinajstić information content (AvgIpc) is 2.49. The standard InChI is InChI=1S/C15H21FN4O2/c1-11(14(21)18-15(17)22)20-8-6-19(7-9-20)10-12-4-2-3-5-13(12)16/h2-5,11H,6-10H2,1H3,(H3,17,18,21,22). The number of benzene rings is 1. The van der Waals surface area contributed by atoms with Crippen molar-refractivity contribution < 1.29 is 14.0 Å². The molecule has 7 heteroatoms. The molecule has 0 radical (unpaired) electrons. The Labute approximate surface area is 129 Å². The lowest BCUT2D eigenvalue weighted by atomic mass is 10.1. The van der Waals surface area contributed by atoms with E-state index < -0.39 is 18.0 Å². The fraction of sp³-hybridized carbons (Fsp3) is 0.467. The molecule has 1 unspecified atom stereocenters. The number of hydrogen-bond acceptors (Lipinski definition) is 4. The number of carbonyl (C=O) groups excluding carboxylic acids is 2. The predicted octanol–water partition coefficient (Wildman–Crippen LogP) is 0.527. The number of rotatable bonds is 4. The highest BCUT2D eigenvalue weighted by Gasteiger charge is 2.26. The van der Waals surface area contributed by atoms with Gasteiger partial charge in [0, 0.05) is 38.3 Å². The van der Waals surface area contributed by atoms with Gasteiger partial charge in [-0.25, -0.2) is 9.18 Å². The molecule has 1 aliphatic rings. The van der Waals surface area contributed by atoms with E-state index in [4.69, 9.17) is 5.73 Å². The largest absolute Gasteiger partial charge is 0.351 e. The molecular weight excluding hydrogens is 287 g/mol. The minimum absolute atomic E-state index is 0.195. The maximum atomic E-state index is 13.6. The number of carbonyl (C=O) groups is 2. The van der Waals surface area contributed by atoms with Crippen LogP contribution in [-0.4, -0.2) is 54.0 Å². The maximum Gasteiger partial charge on any atom is 0.318 e. The fourth-order valence-electron chi connectivity index (χ4n) is 2.57. The molecule has 3 amide bonds. The first-order valence-corrected chi connectivity index (χ1v) is 7.27. The van der Waals surface area contributed by atoms with Crippen molar-refractivity contribution in [3.05, 3.63) is 35.6 Å². The van der Waals surface area contributed by atoms with Crippen molar-refractivity contribution in [1.29, 1.82) is 0 Å². The number of piperazine rings is 1. The van der Waals surface area contributed by atoms with Crippen molar-refractivity contribution in [3.8, 4) is 0 Å². The lowest BCUT2D eigenvalue weighted by Crippen LogP contribution is -2.54. The molecule has 120 valence electrons. The Bertz CT molecular complexity index is 544. The lowest BCUT2D eigenvalue weighted by Gasteiger charge is -2.37. The van der Waals surface area contributed by atoms with Gasteiger partial charge in [0.05, 0.1) is 6.04 Å². The van der Waals surface area contributed by atoms with Gasteiger partial charge in [-0.1, -0.05) is 18.2 Å². The first-order valence-electron chi connectivity index (χ1n) is 7.27. The van der Waals surface area contributed by atoms with Crippen LogP contribution in [0.4, 0.5) is 9.18 Å². The number of urea groups is 1. The van der Waals surface area contributed by atoms with E-state index in [1.54, 1.807) is 19.1 Å². The second-order valence-electron chi connectivity index (χ2n) is 5.43. The number of nitrogens with zero attached hydrogens (tertiary/aromatic N) is 2. The van der Waals surface area contributed by atoms with Crippen LogP contribution in [0, 0.1) is 5.82 Å². The zero-order chi connectivity index (χ0) is 16.1. The van der Waals surface area contributed by atoms with Crippen LogP contribution in [0.5, 0.6) is 0 Å². The Kier molecular flexibility index (Phi) is 5.46. The molecule has 2 rings (SSSR count). The SMILES string of the molecule is CC(C(=O)NC(N)=O)N1CCN(Cc2ccccc2F)CC1. The highest BCUT2D eigenvalue weighted by molar-refractivity contribution is 5.96. The molecular formula is C15H21FN4O2. The highest BCUT2D eigenvalue weighted by Crippen LogP contribution is 2.13. The van der Waals surface area contributed by atoms with Gasteiger partial charge in [-0.05, 0) is 13.0 Å². The second kappa shape index (κ2) is 7.33. The van der Waals surface area contributed by atoms with Crippen LogP contribution >= 0.6 is 0 Å². The van der Waals surface area contributed by atoms with Gasteiger partial charge in [0.15, 0.2) is 0 Å². The Balaban J connectivity index is 1.84. The van der Waals surface area contributed by atoms with E-state index in [0.29, 0.717) is 25.2 Å². The molecule has 0 spiro atoms. The molecule has 1 aromatic rings. The molecule has 1 atom stereocenters. The van der Waals surface area contributed by atoms with Gasteiger partial charge >= 0.3 is 6.03 Å². The fourth-order valence-corrected chi connectivity index (χ4v) is 2.57. The second-order valence-corrected chi connectivity index (χ2v) is 5.43. The Morgan fingerprint density at radius 3 is 2.50 bits per heavy atom. The third-order valence-electron chi connectivity index (χ3n) is 3.93. The summed E-state index contributed by atoms with van der Waals surface area (Å²) in [7, 11) is 0. The Morgan fingerprint density at radius 1 is 1.27 bits per heavy atom. The van der Waals surface area contributed by atoms with Crippen molar-refractivity contribution in [1.82, 2.24) is 15.1 Å². The van der Waals surface area contributed by atoms with Crippen LogP contribution in [-0.2, 0) is 11.3 Å². The minimum atomic E-state index is -0.838. The van der Waals surface area contributed by atoms with Gasteiger partial charge in [0.2, 0.25) is 5.91 Å². The summed E-state index contributed by atoms with van der Waals surface area (Å²) in [6, 6.07) is 5.49. The topological polar surface area (TPSA) is 78.7 Å². The van der Waals surface area contributed by atoms with Crippen LogP contribution < -0.4 is 11.1 Å². The first kappa shape index (κ1) is 16.4. The average molecular weight is 308 g/mol. The van der Waals surface area contributed by atoms with Gasteiger partial charge in [-0.15, -0.1) is 0 Å². The van der Waals surface area contributed by atoms with E-state index >= 15 is 0 Å². The molecule has 3 N–H and O–H groups in total. The van der Waals surface area contributed by atoms with Crippen molar-refractivity contribution in [2.75, 3.05) is 26.2 Å². The third-order valence-corrected chi connectivity index (χ3v) is 3.93. The molecule has 1 aliphatic heterocycles. The number of imide groups is 1. The molecule has 0 aromatic heterocycles. The number of nitrogens with one attached hydrogen (secondary N) is 1. The molecule has 6 nitrogen and oxygen atoms in total. The zero-order valence-corrected chi connectivity index (χ0v) is 12.6. The van der Waals surface area contributed by atoms with E-state index in [1.165, 1.54) is 6.07 Å². The Morgan fingerprint density at radius 2 is 1.91 bits per heavy atom. The van der Waals surface area contributed by atoms with Crippen molar-refractivity contribution in [2.24, 2.45) is 5.73 Å². The highest BCUT2D eigenvalue weighted by atomic mass is 19.1. The summed E-state index contributed by atoms with van der Waals surface area (Å²) in [6.45, 7) is 5.14. The van der Waals surface area contributed by atoms with Gasteiger partial charge in [-0.3, -0.25) is 19.9 Å². The third kappa shape index (κ3) is 4.25. The van der Waals surface area contributed by atoms with Crippen molar-refractivity contribution in [2.45, 2.75) is 19.5 Å². The van der Waals surface area contributed by atoms with Crippen LogP contribution in [0.1, 0.15) is 12.5 Å². The molecule has 1 heterocycles. The summed E-state index contributed by atoms with van der Waals surface area (Å²) in [5.74, 6) is -0.589. The summed E-state index contributed by atoms with van der Waals surface area (Å²) in [5, 5.41) is 2.09. The molecule has 22 heavy (non-hydrogen) atoms. The van der Waals surface area contributed by atoms with Crippen LogP contribution in [0.2, 0.25) is 0 Å². The minimum Gasteiger partial charge on any atom is -0.351 e. The van der Waals surface area contributed by atoms with Crippen LogP contribution in [0.25, 0.3) is 0 Å². The molecule has 1 aromatic carbocycles. The van der Waals surface area contributed by atoms with Crippen LogP contribution in [0.3, 0.4) is 0 Å². The monoisotopic (exact) mass is 308 g/mol. The predicted molar refractivity (Wildman–Crippen MR) is 80.4 cm³/mol. The van der Waals surface area contributed by atoms with Crippen molar-refractivity contribution in [3.63, 3.8) is 0 Å². The van der Waals surface area contributed by atoms with Crippen LogP contribution in [0.15, 0.2) is 24.3 Å². The summed E-state index contributed by atoms with van der Waals surface area (Å²) >= 11 is 0. The van der Waals surface area contributed by atoms with E-state index in [2.05, 4.69) is 10.2 Å². The van der Waals surface area contributed by atoms with Gasteiger partial charge in [-0.2, -0.15) is 0 Å². The quantitative estimate of drug-likeness (QED) is 0.850.